The molecule has 8 nitrogen and oxygen atoms in total. The van der Waals surface area contributed by atoms with Gasteiger partial charge < -0.3 is 29.3 Å². The SMILES string of the molecule is CCOP(=O)(COc1ccc(C[C@H]([B]OCN)C(=O)O)cc1)OCC. The quantitative estimate of drug-likeness (QED) is 0.308. The van der Waals surface area contributed by atoms with Crippen LogP contribution >= 0.6 is 7.60 Å². The first kappa shape index (κ1) is 21.7. The lowest BCUT2D eigenvalue weighted by Gasteiger charge is -2.17. The van der Waals surface area contributed by atoms with Crippen molar-refractivity contribution < 1.29 is 32.9 Å². The van der Waals surface area contributed by atoms with Crippen molar-refractivity contribution in [2.24, 2.45) is 5.73 Å². The molecule has 0 aliphatic rings. The molecule has 3 N–H and O–H groups in total. The number of carboxylic acid groups (broad SMARTS) is 1. The lowest BCUT2D eigenvalue weighted by atomic mass is 9.76. The summed E-state index contributed by atoms with van der Waals surface area (Å²) in [5, 5.41) is 9.15. The predicted molar refractivity (Wildman–Crippen MR) is 93.8 cm³/mol. The number of aliphatic carboxylic acids is 1. The van der Waals surface area contributed by atoms with Crippen molar-refractivity contribution in [2.75, 3.05) is 26.3 Å². The molecule has 25 heavy (non-hydrogen) atoms. The number of hydrogen-bond donors (Lipinski definition) is 2. The molecule has 0 bridgehead atoms. The number of carbonyl (C=O) groups is 1. The first-order valence-electron chi connectivity index (χ1n) is 7.91. The zero-order valence-corrected chi connectivity index (χ0v) is 15.3. The van der Waals surface area contributed by atoms with Crippen LogP contribution in [0.25, 0.3) is 0 Å². The number of hydrogen-bond acceptors (Lipinski definition) is 7. The van der Waals surface area contributed by atoms with E-state index in [1.165, 1.54) is 7.48 Å². The Morgan fingerprint density at radius 1 is 1.24 bits per heavy atom. The van der Waals surface area contributed by atoms with Crippen LogP contribution in [0, 0.1) is 0 Å². The third kappa shape index (κ3) is 8.03. The van der Waals surface area contributed by atoms with Gasteiger partial charge in [-0.05, 0) is 38.0 Å². The van der Waals surface area contributed by atoms with Crippen LogP contribution in [0.3, 0.4) is 0 Å². The molecule has 0 saturated carbocycles. The van der Waals surface area contributed by atoms with Crippen LogP contribution in [0.15, 0.2) is 24.3 Å². The summed E-state index contributed by atoms with van der Waals surface area (Å²) in [4.78, 5) is 11.2. The van der Waals surface area contributed by atoms with Gasteiger partial charge in [0, 0.05) is 0 Å². The van der Waals surface area contributed by atoms with Crippen molar-refractivity contribution in [3.8, 4) is 5.75 Å². The Labute approximate surface area is 148 Å². The van der Waals surface area contributed by atoms with Crippen LogP contribution in [-0.2, 0) is 29.5 Å². The standard InChI is InChI=1S/C15H24BNO7P/c1-3-23-25(20,24-4-2)11-21-13-7-5-12(6-8-13)9-14(15(18)19)16-22-10-17/h5-8,14H,3-4,9-11,17H2,1-2H3,(H,18,19)/t14-/m0/s1. The average Bonchev–Trinajstić information content (AvgIpc) is 2.58. The molecule has 1 atom stereocenters. The van der Waals surface area contributed by atoms with E-state index in [0.29, 0.717) is 5.75 Å². The summed E-state index contributed by atoms with van der Waals surface area (Å²) in [6.07, 6.45) is 0.0654. The molecule has 0 aromatic heterocycles. The van der Waals surface area contributed by atoms with Crippen molar-refractivity contribution in [1.82, 2.24) is 0 Å². The molecule has 1 rings (SSSR count). The van der Waals surface area contributed by atoms with E-state index in [2.05, 4.69) is 0 Å². The highest BCUT2D eigenvalue weighted by atomic mass is 31.2. The highest BCUT2D eigenvalue weighted by molar-refractivity contribution is 7.53. The molecule has 10 heteroatoms. The Hall–Kier alpha value is -1.38. The van der Waals surface area contributed by atoms with E-state index in [1.54, 1.807) is 38.1 Å². The molecule has 0 saturated heterocycles. The van der Waals surface area contributed by atoms with E-state index >= 15 is 0 Å². The Bertz CT molecular complexity index is 560. The second-order valence-corrected chi connectivity index (χ2v) is 6.98. The topological polar surface area (TPSA) is 117 Å². The van der Waals surface area contributed by atoms with Gasteiger partial charge in [-0.15, -0.1) is 0 Å². The third-order valence-corrected chi connectivity index (χ3v) is 4.84. The fraction of sp³-hybridized carbons (Fsp3) is 0.533. The minimum absolute atomic E-state index is 0.0731. The van der Waals surface area contributed by atoms with Gasteiger partial charge in [-0.3, -0.25) is 9.36 Å². The molecule has 139 valence electrons. The van der Waals surface area contributed by atoms with E-state index in [1.807, 2.05) is 0 Å². The van der Waals surface area contributed by atoms with Gasteiger partial charge in [0.25, 0.3) is 0 Å². The lowest BCUT2D eigenvalue weighted by Crippen LogP contribution is -2.21. The number of carboxylic acids is 1. The van der Waals surface area contributed by atoms with Crippen LogP contribution in [-0.4, -0.2) is 44.9 Å². The predicted octanol–water partition coefficient (Wildman–Crippen LogP) is 2.26. The minimum atomic E-state index is -3.28. The molecule has 1 aromatic rings. The Balaban J connectivity index is 2.63. The number of benzene rings is 1. The van der Waals surface area contributed by atoms with Crippen LogP contribution in [0.5, 0.6) is 5.75 Å². The van der Waals surface area contributed by atoms with Crippen molar-refractivity contribution in [1.29, 1.82) is 0 Å². The maximum absolute atomic E-state index is 12.3. The molecule has 1 radical (unpaired) electrons. The summed E-state index contributed by atoms with van der Waals surface area (Å²) in [6.45, 7) is 3.90. The molecule has 0 unspecified atom stereocenters. The van der Waals surface area contributed by atoms with Gasteiger partial charge in [0.15, 0.2) is 6.35 Å². The Kier molecular flexibility index (Phi) is 9.78. The van der Waals surface area contributed by atoms with Gasteiger partial charge >= 0.3 is 21.0 Å². The summed E-state index contributed by atoms with van der Waals surface area (Å²) in [5.74, 6) is -1.31. The molecular formula is C15H24BNO7P. The lowest BCUT2D eigenvalue weighted by molar-refractivity contribution is -0.137. The molecular weight excluding hydrogens is 348 g/mol. The van der Waals surface area contributed by atoms with Crippen LogP contribution < -0.4 is 10.5 Å². The normalized spacial score (nSPS) is 12.6. The highest BCUT2D eigenvalue weighted by Crippen LogP contribution is 2.47. The van der Waals surface area contributed by atoms with Gasteiger partial charge in [0.05, 0.1) is 25.8 Å². The Morgan fingerprint density at radius 3 is 2.32 bits per heavy atom. The minimum Gasteiger partial charge on any atom is -0.481 e. The molecule has 0 heterocycles. The first-order chi connectivity index (χ1) is 11.9. The Morgan fingerprint density at radius 2 is 1.84 bits per heavy atom. The number of ether oxygens (including phenoxy) is 1. The summed E-state index contributed by atoms with van der Waals surface area (Å²) in [5.41, 5.74) is 5.98. The van der Waals surface area contributed by atoms with Crippen LogP contribution in [0.1, 0.15) is 19.4 Å². The second-order valence-electron chi connectivity index (χ2n) is 4.98. The van der Waals surface area contributed by atoms with Gasteiger partial charge in [0.2, 0.25) is 0 Å². The second kappa shape index (κ2) is 11.3. The largest absolute Gasteiger partial charge is 0.481 e. The molecule has 0 amide bonds. The van der Waals surface area contributed by atoms with Gasteiger partial charge in [0.1, 0.15) is 5.75 Å². The molecule has 0 spiro atoms. The zero-order valence-electron chi connectivity index (χ0n) is 14.4. The van der Waals surface area contributed by atoms with Crippen molar-refractivity contribution in [2.45, 2.75) is 26.1 Å². The van der Waals surface area contributed by atoms with Gasteiger partial charge in [-0.1, -0.05) is 12.1 Å². The molecule has 0 aliphatic heterocycles. The number of rotatable bonds is 13. The van der Waals surface area contributed by atoms with Crippen LogP contribution in [0.2, 0.25) is 5.82 Å². The highest BCUT2D eigenvalue weighted by Gasteiger charge is 2.25. The van der Waals surface area contributed by atoms with E-state index < -0.39 is 19.4 Å². The summed E-state index contributed by atoms with van der Waals surface area (Å²) < 4.78 is 32.9. The summed E-state index contributed by atoms with van der Waals surface area (Å²) >= 11 is 0. The van der Waals surface area contributed by atoms with Gasteiger partial charge in [-0.25, -0.2) is 0 Å². The fourth-order valence-corrected chi connectivity index (χ4v) is 3.32. The molecule has 0 fully saturated rings. The molecule has 1 aromatic carbocycles. The van der Waals surface area contributed by atoms with E-state index in [-0.39, 0.29) is 32.7 Å². The van der Waals surface area contributed by atoms with E-state index in [9.17, 15) is 9.36 Å². The monoisotopic (exact) mass is 372 g/mol. The van der Waals surface area contributed by atoms with E-state index in [0.717, 1.165) is 5.56 Å². The average molecular weight is 372 g/mol. The van der Waals surface area contributed by atoms with Gasteiger partial charge in [-0.2, -0.15) is 0 Å². The summed E-state index contributed by atoms with van der Waals surface area (Å²) in [7, 11) is -2.06. The maximum atomic E-state index is 12.3. The smallest absolute Gasteiger partial charge is 0.367 e. The fourth-order valence-electron chi connectivity index (χ4n) is 2.00. The van der Waals surface area contributed by atoms with E-state index in [4.69, 9.17) is 29.3 Å². The maximum Gasteiger partial charge on any atom is 0.367 e. The van der Waals surface area contributed by atoms with Crippen molar-refractivity contribution >= 4 is 21.0 Å². The number of nitrogens with two attached hydrogens (primary N) is 1. The van der Waals surface area contributed by atoms with Crippen molar-refractivity contribution in [3.63, 3.8) is 0 Å². The third-order valence-electron chi connectivity index (χ3n) is 3.09. The molecule has 0 aliphatic carbocycles. The van der Waals surface area contributed by atoms with Crippen molar-refractivity contribution in [3.05, 3.63) is 29.8 Å². The van der Waals surface area contributed by atoms with Crippen LogP contribution in [0.4, 0.5) is 0 Å². The first-order valence-corrected chi connectivity index (χ1v) is 9.64. The summed E-state index contributed by atoms with van der Waals surface area (Å²) in [6, 6.07) is 6.79. The zero-order chi connectivity index (χ0) is 18.7.